The number of aromatic nitrogens is 1. The first kappa shape index (κ1) is 20.1. The van der Waals surface area contributed by atoms with E-state index in [9.17, 15) is 13.2 Å². The first-order chi connectivity index (χ1) is 13.4. The maximum absolute atomic E-state index is 13.2. The maximum atomic E-state index is 13.2. The molecule has 0 aliphatic heterocycles. The Hall–Kier alpha value is -2.67. The van der Waals surface area contributed by atoms with Crippen LogP contribution in [-0.2, 0) is 12.6 Å². The molecule has 0 saturated heterocycles. The first-order valence-corrected chi connectivity index (χ1v) is 9.03. The van der Waals surface area contributed by atoms with Crippen LogP contribution in [0.15, 0.2) is 36.4 Å². The van der Waals surface area contributed by atoms with Gasteiger partial charge in [0.05, 0.1) is 25.5 Å². The maximum Gasteiger partial charge on any atom is 0.416 e. The average molecular weight is 392 g/mol. The summed E-state index contributed by atoms with van der Waals surface area (Å²) in [6.07, 6.45) is -2.20. The number of aryl methyl sites for hydroxylation is 1. The largest absolute Gasteiger partial charge is 0.497 e. The molecule has 0 aliphatic carbocycles. The van der Waals surface area contributed by atoms with Gasteiger partial charge in [0.25, 0.3) is 0 Å². The second kappa shape index (κ2) is 8.14. The lowest BCUT2D eigenvalue weighted by Gasteiger charge is -2.12. The Labute approximate surface area is 161 Å². The van der Waals surface area contributed by atoms with Crippen molar-refractivity contribution in [3.8, 4) is 22.8 Å². The molecule has 3 rings (SSSR count). The van der Waals surface area contributed by atoms with Crippen LogP contribution < -0.4 is 15.2 Å². The number of benzene rings is 2. The van der Waals surface area contributed by atoms with Crippen LogP contribution in [-0.4, -0.2) is 25.7 Å². The topological polar surface area (TPSA) is 60.3 Å². The molecule has 3 aromatic rings. The molecule has 0 spiro atoms. The zero-order valence-corrected chi connectivity index (χ0v) is 15.8. The van der Waals surface area contributed by atoms with Crippen LogP contribution >= 0.6 is 0 Å². The molecule has 7 heteroatoms. The van der Waals surface area contributed by atoms with Crippen LogP contribution in [0.5, 0.6) is 11.5 Å². The number of methoxy groups -OCH3 is 2. The number of alkyl halides is 3. The van der Waals surface area contributed by atoms with Gasteiger partial charge in [0.1, 0.15) is 11.5 Å². The summed E-state index contributed by atoms with van der Waals surface area (Å²) in [7, 11) is 3.12. The lowest BCUT2D eigenvalue weighted by Crippen LogP contribution is -2.04. The highest BCUT2D eigenvalue weighted by molar-refractivity contribution is 5.92. The molecule has 0 unspecified atom stereocenters. The summed E-state index contributed by atoms with van der Waals surface area (Å²) in [6, 6.07) is 9.18. The Morgan fingerprint density at radius 3 is 2.43 bits per heavy atom. The summed E-state index contributed by atoms with van der Waals surface area (Å²) in [4.78, 5) is 3.28. The molecule has 0 radical (unpaired) electrons. The molecule has 2 aromatic carbocycles. The summed E-state index contributed by atoms with van der Waals surface area (Å²) >= 11 is 0. The van der Waals surface area contributed by atoms with Crippen LogP contribution in [0, 0.1) is 0 Å². The third kappa shape index (κ3) is 3.94. The third-order valence-electron chi connectivity index (χ3n) is 4.79. The molecule has 3 N–H and O–H groups in total. The number of ether oxygens (including phenoxy) is 2. The number of rotatable bonds is 7. The molecule has 0 amide bonds. The van der Waals surface area contributed by atoms with Gasteiger partial charge in [0, 0.05) is 22.5 Å². The highest BCUT2D eigenvalue weighted by Crippen LogP contribution is 2.40. The summed E-state index contributed by atoms with van der Waals surface area (Å²) in [5.41, 5.74) is 7.96. The summed E-state index contributed by atoms with van der Waals surface area (Å²) < 4.78 is 50.4. The van der Waals surface area contributed by atoms with Crippen molar-refractivity contribution in [2.45, 2.75) is 25.4 Å². The van der Waals surface area contributed by atoms with Gasteiger partial charge in [-0.3, -0.25) is 0 Å². The number of fused-ring (bicyclic) bond motifs is 1. The van der Waals surface area contributed by atoms with E-state index in [1.54, 1.807) is 26.4 Å². The zero-order valence-electron chi connectivity index (χ0n) is 15.8. The lowest BCUT2D eigenvalue weighted by molar-refractivity contribution is -0.137. The van der Waals surface area contributed by atoms with Crippen LogP contribution in [0.1, 0.15) is 24.0 Å². The van der Waals surface area contributed by atoms with E-state index in [-0.39, 0.29) is 0 Å². The van der Waals surface area contributed by atoms with E-state index in [1.165, 1.54) is 12.1 Å². The molecule has 1 aromatic heterocycles. The molecule has 4 nitrogen and oxygen atoms in total. The number of H-pyrrole nitrogens is 1. The third-order valence-corrected chi connectivity index (χ3v) is 4.79. The van der Waals surface area contributed by atoms with Crippen molar-refractivity contribution in [2.75, 3.05) is 20.8 Å². The van der Waals surface area contributed by atoms with Gasteiger partial charge in [0.15, 0.2) is 0 Å². The number of halogens is 3. The molecule has 0 saturated carbocycles. The van der Waals surface area contributed by atoms with Crippen molar-refractivity contribution in [2.24, 2.45) is 5.73 Å². The Kier molecular flexibility index (Phi) is 5.84. The van der Waals surface area contributed by atoms with Crippen LogP contribution in [0.2, 0.25) is 0 Å². The van der Waals surface area contributed by atoms with Crippen molar-refractivity contribution in [1.29, 1.82) is 0 Å². The minimum absolute atomic E-state index is 0.539. The van der Waals surface area contributed by atoms with Gasteiger partial charge in [-0.2, -0.15) is 13.2 Å². The van der Waals surface area contributed by atoms with Gasteiger partial charge in [-0.25, -0.2) is 0 Å². The Morgan fingerprint density at radius 1 is 1.00 bits per heavy atom. The zero-order chi connectivity index (χ0) is 20.3. The van der Waals surface area contributed by atoms with E-state index in [2.05, 4.69) is 4.98 Å². The normalized spacial score (nSPS) is 11.8. The van der Waals surface area contributed by atoms with Gasteiger partial charge in [-0.15, -0.1) is 0 Å². The van der Waals surface area contributed by atoms with Crippen molar-refractivity contribution in [3.63, 3.8) is 0 Å². The number of nitrogens with two attached hydrogens (primary N) is 1. The van der Waals surface area contributed by atoms with Crippen LogP contribution in [0.4, 0.5) is 13.2 Å². The number of hydrogen-bond donors (Lipinski definition) is 2. The fourth-order valence-electron chi connectivity index (χ4n) is 3.36. The minimum atomic E-state index is -4.39. The molecule has 150 valence electrons. The minimum Gasteiger partial charge on any atom is -0.497 e. The van der Waals surface area contributed by atoms with E-state index in [4.69, 9.17) is 15.2 Å². The molecular weight excluding hydrogens is 369 g/mol. The van der Waals surface area contributed by atoms with Gasteiger partial charge in [0.2, 0.25) is 0 Å². The molecule has 0 atom stereocenters. The van der Waals surface area contributed by atoms with Crippen molar-refractivity contribution >= 4 is 10.9 Å². The quantitative estimate of drug-likeness (QED) is 0.547. The van der Waals surface area contributed by atoms with Crippen molar-refractivity contribution in [3.05, 3.63) is 47.5 Å². The Balaban J connectivity index is 2.19. The molecule has 28 heavy (non-hydrogen) atoms. The van der Waals surface area contributed by atoms with Crippen LogP contribution in [0.3, 0.4) is 0 Å². The summed E-state index contributed by atoms with van der Waals surface area (Å²) in [5.74, 6) is 1.22. The van der Waals surface area contributed by atoms with Gasteiger partial charge >= 0.3 is 6.18 Å². The Bertz CT molecular complexity index is 964. The number of unbranched alkanes of at least 4 members (excludes halogenated alkanes) is 1. The summed E-state index contributed by atoms with van der Waals surface area (Å²) in [6.45, 7) is 0.539. The molecule has 0 aliphatic rings. The van der Waals surface area contributed by atoms with Crippen molar-refractivity contribution < 1.29 is 22.6 Å². The fraction of sp³-hybridized carbons (Fsp3) is 0.333. The highest BCUT2D eigenvalue weighted by Gasteiger charge is 2.31. The fourth-order valence-corrected chi connectivity index (χ4v) is 3.36. The predicted octanol–water partition coefficient (Wildman–Crippen LogP) is 5.15. The summed E-state index contributed by atoms with van der Waals surface area (Å²) in [5, 5.41) is 0.569. The van der Waals surface area contributed by atoms with E-state index in [0.717, 1.165) is 35.7 Å². The highest BCUT2D eigenvalue weighted by atomic mass is 19.4. The number of aromatic amines is 1. The second-order valence-electron chi connectivity index (χ2n) is 6.55. The molecule has 0 bridgehead atoms. The van der Waals surface area contributed by atoms with Gasteiger partial charge in [-0.1, -0.05) is 0 Å². The average Bonchev–Trinajstić information content (AvgIpc) is 3.04. The number of hydrogen-bond acceptors (Lipinski definition) is 3. The van der Waals surface area contributed by atoms with E-state index < -0.39 is 11.7 Å². The first-order valence-electron chi connectivity index (χ1n) is 9.03. The predicted molar refractivity (Wildman–Crippen MR) is 104 cm³/mol. The Morgan fingerprint density at radius 2 is 1.79 bits per heavy atom. The monoisotopic (exact) mass is 392 g/mol. The van der Waals surface area contributed by atoms with E-state index in [1.807, 2.05) is 6.07 Å². The molecule has 0 fully saturated rings. The van der Waals surface area contributed by atoms with Crippen molar-refractivity contribution in [1.82, 2.24) is 4.98 Å². The van der Waals surface area contributed by atoms with E-state index in [0.29, 0.717) is 35.4 Å². The molecule has 1 heterocycles. The number of nitrogens with one attached hydrogen (secondary N) is 1. The van der Waals surface area contributed by atoms with Crippen LogP contribution in [0.25, 0.3) is 22.2 Å². The second-order valence-corrected chi connectivity index (χ2v) is 6.55. The van der Waals surface area contributed by atoms with Gasteiger partial charge in [-0.05, 0) is 61.7 Å². The standard InChI is InChI=1S/C21H23F3N2O2/c1-27-14-7-8-16(19(12-14)28-2)20-15(5-3-4-10-25)17-11-13(21(22,23)24)6-9-18(17)26-20/h6-9,11-12,26H,3-5,10,25H2,1-2H3. The molecular formula is C21H23F3N2O2. The lowest BCUT2D eigenvalue weighted by atomic mass is 9.98. The van der Waals surface area contributed by atoms with Gasteiger partial charge < -0.3 is 20.2 Å². The SMILES string of the molecule is COc1ccc(-c2[nH]c3ccc(C(F)(F)F)cc3c2CCCCN)c(OC)c1. The van der Waals surface area contributed by atoms with E-state index >= 15 is 0 Å². The smallest absolute Gasteiger partial charge is 0.416 e.